The highest BCUT2D eigenvalue weighted by Gasteiger charge is 2.36. The predicted octanol–water partition coefficient (Wildman–Crippen LogP) is 5.42. The van der Waals surface area contributed by atoms with E-state index in [2.05, 4.69) is 12.2 Å². The molecule has 1 saturated heterocycles. The molecule has 1 atom stereocenters. The van der Waals surface area contributed by atoms with Crippen LogP contribution in [0.15, 0.2) is 0 Å². The van der Waals surface area contributed by atoms with E-state index in [0.29, 0.717) is 13.1 Å². The maximum absolute atomic E-state index is 12.4. The van der Waals surface area contributed by atoms with E-state index in [1.807, 2.05) is 20.8 Å². The fourth-order valence-electron chi connectivity index (χ4n) is 3.52. The van der Waals surface area contributed by atoms with Crippen molar-refractivity contribution >= 4 is 12.0 Å². The van der Waals surface area contributed by atoms with E-state index < -0.39 is 5.60 Å². The van der Waals surface area contributed by atoms with Gasteiger partial charge >= 0.3 is 6.09 Å². The molecule has 0 saturated carbocycles. The topological polar surface area (TPSA) is 58.6 Å². The van der Waals surface area contributed by atoms with Gasteiger partial charge in [-0.25, -0.2) is 4.79 Å². The summed E-state index contributed by atoms with van der Waals surface area (Å²) in [6.45, 7) is 9.10. The molecule has 1 aliphatic rings. The molecular weight excluding hydrogens is 340 g/mol. The van der Waals surface area contributed by atoms with Crippen LogP contribution in [-0.2, 0) is 9.53 Å². The highest BCUT2D eigenvalue weighted by Crippen LogP contribution is 2.21. The Labute approximate surface area is 166 Å². The summed E-state index contributed by atoms with van der Waals surface area (Å²) in [5.41, 5.74) is -0.531. The van der Waals surface area contributed by atoms with Gasteiger partial charge in [-0.2, -0.15) is 0 Å². The van der Waals surface area contributed by atoms with Crippen LogP contribution < -0.4 is 5.32 Å². The van der Waals surface area contributed by atoms with Gasteiger partial charge in [-0.1, -0.05) is 64.7 Å². The number of rotatable bonds is 12. The number of carbonyl (C=O) groups excluding carboxylic acids is 2. The largest absolute Gasteiger partial charge is 0.444 e. The highest BCUT2D eigenvalue weighted by molar-refractivity contribution is 5.86. The van der Waals surface area contributed by atoms with Crippen LogP contribution in [0.25, 0.3) is 0 Å². The third-order valence-corrected chi connectivity index (χ3v) is 5.01. The molecule has 1 rings (SSSR count). The Morgan fingerprint density at radius 3 is 2.07 bits per heavy atom. The Bertz CT molecular complexity index is 432. The summed E-state index contributed by atoms with van der Waals surface area (Å²) < 4.78 is 5.42. The van der Waals surface area contributed by atoms with Crippen LogP contribution in [0.3, 0.4) is 0 Å². The second-order valence-electron chi connectivity index (χ2n) is 8.80. The first-order valence-corrected chi connectivity index (χ1v) is 11.1. The summed E-state index contributed by atoms with van der Waals surface area (Å²) in [7, 11) is 0. The Hall–Kier alpha value is -1.26. The third-order valence-electron chi connectivity index (χ3n) is 5.01. The second kappa shape index (κ2) is 13.0. The van der Waals surface area contributed by atoms with Crippen molar-refractivity contribution in [3.63, 3.8) is 0 Å². The Morgan fingerprint density at radius 2 is 1.52 bits per heavy atom. The lowest BCUT2D eigenvalue weighted by Gasteiger charge is -2.28. The first-order valence-electron chi connectivity index (χ1n) is 11.1. The molecule has 2 amide bonds. The normalized spacial score (nSPS) is 17.2. The molecule has 0 spiro atoms. The van der Waals surface area contributed by atoms with E-state index in [-0.39, 0.29) is 18.0 Å². The van der Waals surface area contributed by atoms with Crippen molar-refractivity contribution in [1.82, 2.24) is 10.2 Å². The zero-order valence-electron chi connectivity index (χ0n) is 18.1. The van der Waals surface area contributed by atoms with Gasteiger partial charge in [0, 0.05) is 13.1 Å². The SMILES string of the molecule is CCCCCCCCCCCCNC(=O)C1CCCN1C(=O)OC(C)(C)C. The summed E-state index contributed by atoms with van der Waals surface area (Å²) in [5.74, 6) is -0.0331. The summed E-state index contributed by atoms with van der Waals surface area (Å²) in [6.07, 6.45) is 14.1. The van der Waals surface area contributed by atoms with Crippen molar-refractivity contribution in [2.75, 3.05) is 13.1 Å². The van der Waals surface area contributed by atoms with Gasteiger partial charge in [0.2, 0.25) is 5.91 Å². The van der Waals surface area contributed by atoms with Crippen molar-refractivity contribution in [2.24, 2.45) is 0 Å². The molecule has 0 aliphatic carbocycles. The van der Waals surface area contributed by atoms with Crippen LogP contribution in [-0.4, -0.2) is 41.6 Å². The Balaban J connectivity index is 2.11. The summed E-state index contributed by atoms with van der Waals surface area (Å²) in [6, 6.07) is -0.372. The van der Waals surface area contributed by atoms with Gasteiger partial charge in [-0.15, -0.1) is 0 Å². The number of carbonyl (C=O) groups is 2. The monoisotopic (exact) mass is 382 g/mol. The van der Waals surface area contributed by atoms with Crippen LogP contribution in [0.2, 0.25) is 0 Å². The zero-order chi connectivity index (χ0) is 20.1. The van der Waals surface area contributed by atoms with Gasteiger partial charge in [0.1, 0.15) is 11.6 Å². The molecule has 0 aromatic carbocycles. The molecular formula is C22H42N2O3. The number of ether oxygens (including phenoxy) is 1. The Morgan fingerprint density at radius 1 is 0.963 bits per heavy atom. The van der Waals surface area contributed by atoms with Crippen molar-refractivity contribution in [3.8, 4) is 0 Å². The predicted molar refractivity (Wildman–Crippen MR) is 111 cm³/mol. The molecule has 1 unspecified atom stereocenters. The van der Waals surface area contributed by atoms with Gasteiger partial charge < -0.3 is 10.1 Å². The molecule has 0 aromatic rings. The second-order valence-corrected chi connectivity index (χ2v) is 8.80. The summed E-state index contributed by atoms with van der Waals surface area (Å²) in [5, 5.41) is 3.01. The van der Waals surface area contributed by atoms with Gasteiger partial charge in [-0.05, 0) is 40.0 Å². The average Bonchev–Trinajstić information content (AvgIpc) is 3.08. The van der Waals surface area contributed by atoms with E-state index in [4.69, 9.17) is 4.74 Å². The molecule has 27 heavy (non-hydrogen) atoms. The maximum atomic E-state index is 12.4. The molecule has 1 N–H and O–H groups in total. The van der Waals surface area contributed by atoms with Crippen LogP contribution in [0.5, 0.6) is 0 Å². The molecule has 158 valence electrons. The summed E-state index contributed by atoms with van der Waals surface area (Å²) in [4.78, 5) is 26.3. The molecule has 1 heterocycles. The molecule has 5 nitrogen and oxygen atoms in total. The first-order chi connectivity index (χ1) is 12.8. The van der Waals surface area contributed by atoms with E-state index in [1.54, 1.807) is 4.90 Å². The highest BCUT2D eigenvalue weighted by atomic mass is 16.6. The number of amides is 2. The zero-order valence-corrected chi connectivity index (χ0v) is 18.1. The Kier molecular flexibility index (Phi) is 11.5. The maximum Gasteiger partial charge on any atom is 0.410 e. The minimum absolute atomic E-state index is 0.0331. The van der Waals surface area contributed by atoms with E-state index in [1.165, 1.54) is 51.4 Å². The summed E-state index contributed by atoms with van der Waals surface area (Å²) >= 11 is 0. The van der Waals surface area contributed by atoms with E-state index >= 15 is 0 Å². The fourth-order valence-corrected chi connectivity index (χ4v) is 3.52. The molecule has 5 heteroatoms. The molecule has 1 aliphatic heterocycles. The number of likely N-dealkylation sites (tertiary alicyclic amines) is 1. The average molecular weight is 383 g/mol. The van der Waals surface area contributed by atoms with Crippen LogP contribution in [0, 0.1) is 0 Å². The molecule has 0 bridgehead atoms. The molecule has 1 fully saturated rings. The number of nitrogens with zero attached hydrogens (tertiary/aromatic N) is 1. The first kappa shape index (κ1) is 23.8. The van der Waals surface area contributed by atoms with Crippen LogP contribution >= 0.6 is 0 Å². The smallest absolute Gasteiger partial charge is 0.410 e. The lowest BCUT2D eigenvalue weighted by molar-refractivity contribution is -0.125. The lowest BCUT2D eigenvalue weighted by Crippen LogP contribution is -2.47. The minimum atomic E-state index is -0.531. The number of hydrogen-bond acceptors (Lipinski definition) is 3. The van der Waals surface area contributed by atoms with Crippen LogP contribution in [0.1, 0.15) is 105 Å². The number of nitrogens with one attached hydrogen (secondary N) is 1. The van der Waals surface area contributed by atoms with Gasteiger partial charge in [0.25, 0.3) is 0 Å². The van der Waals surface area contributed by atoms with E-state index in [9.17, 15) is 9.59 Å². The lowest BCUT2D eigenvalue weighted by atomic mass is 10.1. The van der Waals surface area contributed by atoms with Crippen molar-refractivity contribution in [2.45, 2.75) is 116 Å². The van der Waals surface area contributed by atoms with Gasteiger partial charge in [0.15, 0.2) is 0 Å². The van der Waals surface area contributed by atoms with Crippen LogP contribution in [0.4, 0.5) is 4.79 Å². The van der Waals surface area contributed by atoms with Crippen molar-refractivity contribution < 1.29 is 14.3 Å². The fraction of sp³-hybridized carbons (Fsp3) is 0.909. The minimum Gasteiger partial charge on any atom is -0.444 e. The van der Waals surface area contributed by atoms with Gasteiger partial charge in [-0.3, -0.25) is 9.69 Å². The quantitative estimate of drug-likeness (QED) is 0.458. The van der Waals surface area contributed by atoms with Crippen molar-refractivity contribution in [1.29, 1.82) is 0 Å². The molecule has 0 aromatic heterocycles. The van der Waals surface area contributed by atoms with Gasteiger partial charge in [0.05, 0.1) is 0 Å². The standard InChI is InChI=1S/C22H42N2O3/c1-5-6-7-8-9-10-11-12-13-14-17-23-20(25)19-16-15-18-24(19)21(26)27-22(2,3)4/h19H,5-18H2,1-4H3,(H,23,25). The number of unbranched alkanes of at least 4 members (excludes halogenated alkanes) is 9. The van der Waals surface area contributed by atoms with Crippen molar-refractivity contribution in [3.05, 3.63) is 0 Å². The third kappa shape index (κ3) is 10.6. The molecule has 0 radical (unpaired) electrons. The number of hydrogen-bond donors (Lipinski definition) is 1. The van der Waals surface area contributed by atoms with E-state index in [0.717, 1.165) is 25.7 Å².